The van der Waals surface area contributed by atoms with Crippen molar-refractivity contribution < 1.29 is 4.74 Å². The highest BCUT2D eigenvalue weighted by atomic mass is 32.1. The molecule has 0 fully saturated rings. The van der Waals surface area contributed by atoms with Gasteiger partial charge in [0.15, 0.2) is 4.77 Å². The third kappa shape index (κ3) is 2.67. The van der Waals surface area contributed by atoms with Gasteiger partial charge in [-0.3, -0.25) is 0 Å². The molecule has 2 heterocycles. The molecule has 2 aromatic rings. The zero-order valence-electron chi connectivity index (χ0n) is 11.4. The predicted molar refractivity (Wildman–Crippen MR) is 82.0 cm³/mol. The molecular weight excluding hydrogens is 270 g/mol. The summed E-state index contributed by atoms with van der Waals surface area (Å²) in [6.07, 6.45) is 2.95. The first kappa shape index (κ1) is 13.1. The van der Waals surface area contributed by atoms with Crippen molar-refractivity contribution in [3.05, 3.63) is 45.9 Å². The average Bonchev–Trinajstić information content (AvgIpc) is 2.93. The van der Waals surface area contributed by atoms with Crippen LogP contribution in [-0.2, 0) is 19.3 Å². The van der Waals surface area contributed by atoms with Crippen molar-refractivity contribution in [2.75, 3.05) is 19.0 Å². The van der Waals surface area contributed by atoms with Gasteiger partial charge in [0, 0.05) is 17.8 Å². The second kappa shape index (κ2) is 5.63. The molecule has 0 spiro atoms. The summed E-state index contributed by atoms with van der Waals surface area (Å²) >= 11 is 5.18. The molecule has 0 unspecified atom stereocenters. The Hall–Kier alpha value is -1.88. The molecule has 1 aromatic heterocycles. The highest BCUT2D eigenvalue weighted by molar-refractivity contribution is 7.71. The SMILES string of the molecule is COc1ccc(CCc2[nH]c(=S)nc3c2CCN3)cc1. The first-order chi connectivity index (χ1) is 9.76. The molecule has 0 radical (unpaired) electrons. The number of benzene rings is 1. The second-order valence-corrected chi connectivity index (χ2v) is 5.26. The van der Waals surface area contributed by atoms with Gasteiger partial charge in [-0.15, -0.1) is 0 Å². The molecule has 0 atom stereocenters. The van der Waals surface area contributed by atoms with Crippen molar-refractivity contribution >= 4 is 18.0 Å². The number of aryl methyl sites for hydroxylation is 2. The van der Waals surface area contributed by atoms with Gasteiger partial charge in [-0.1, -0.05) is 12.1 Å². The maximum absolute atomic E-state index is 5.18. The minimum Gasteiger partial charge on any atom is -0.497 e. The largest absolute Gasteiger partial charge is 0.497 e. The van der Waals surface area contributed by atoms with E-state index in [1.165, 1.54) is 16.8 Å². The Kier molecular flexibility index (Phi) is 3.69. The second-order valence-electron chi connectivity index (χ2n) is 4.87. The standard InChI is InChI=1S/C15H17N3OS/c1-19-11-5-2-10(3-6-11)4-7-13-12-8-9-16-14(12)18-15(20)17-13/h2-3,5-6H,4,7-9H2,1H3,(H2,16,17,18,20). The summed E-state index contributed by atoms with van der Waals surface area (Å²) in [6.45, 7) is 0.949. The van der Waals surface area contributed by atoms with Crippen LogP contribution in [0.1, 0.15) is 16.8 Å². The van der Waals surface area contributed by atoms with E-state index in [0.717, 1.165) is 37.4 Å². The Morgan fingerprint density at radius 3 is 2.80 bits per heavy atom. The van der Waals surface area contributed by atoms with Crippen LogP contribution < -0.4 is 10.1 Å². The van der Waals surface area contributed by atoms with Crippen molar-refractivity contribution in [3.8, 4) is 5.75 Å². The van der Waals surface area contributed by atoms with E-state index in [1.807, 2.05) is 12.1 Å². The molecule has 0 saturated heterocycles. The summed E-state index contributed by atoms with van der Waals surface area (Å²) in [5.41, 5.74) is 3.79. The smallest absolute Gasteiger partial charge is 0.198 e. The van der Waals surface area contributed by atoms with Gasteiger partial charge in [-0.05, 0) is 49.2 Å². The van der Waals surface area contributed by atoms with E-state index in [9.17, 15) is 0 Å². The van der Waals surface area contributed by atoms with Crippen LogP contribution in [0.15, 0.2) is 24.3 Å². The van der Waals surface area contributed by atoms with Gasteiger partial charge in [0.25, 0.3) is 0 Å². The summed E-state index contributed by atoms with van der Waals surface area (Å²) < 4.78 is 5.73. The van der Waals surface area contributed by atoms with Gasteiger partial charge >= 0.3 is 0 Å². The maximum atomic E-state index is 5.18. The summed E-state index contributed by atoms with van der Waals surface area (Å²) in [5.74, 6) is 1.85. The lowest BCUT2D eigenvalue weighted by atomic mass is 10.0. The highest BCUT2D eigenvalue weighted by Gasteiger charge is 2.16. The van der Waals surface area contributed by atoms with Crippen molar-refractivity contribution in [1.82, 2.24) is 9.97 Å². The number of hydrogen-bond donors (Lipinski definition) is 2. The number of fused-ring (bicyclic) bond motifs is 1. The van der Waals surface area contributed by atoms with Gasteiger partial charge in [0.2, 0.25) is 0 Å². The maximum Gasteiger partial charge on any atom is 0.198 e. The number of methoxy groups -OCH3 is 1. The van der Waals surface area contributed by atoms with E-state index < -0.39 is 0 Å². The van der Waals surface area contributed by atoms with E-state index >= 15 is 0 Å². The van der Waals surface area contributed by atoms with Gasteiger partial charge in [-0.2, -0.15) is 0 Å². The molecule has 20 heavy (non-hydrogen) atoms. The van der Waals surface area contributed by atoms with E-state index in [-0.39, 0.29) is 0 Å². The first-order valence-electron chi connectivity index (χ1n) is 6.75. The number of rotatable bonds is 4. The number of aromatic amines is 1. The molecule has 4 nitrogen and oxygen atoms in total. The van der Waals surface area contributed by atoms with E-state index in [0.29, 0.717) is 4.77 Å². The summed E-state index contributed by atoms with van der Waals surface area (Å²) in [7, 11) is 1.68. The third-order valence-corrected chi connectivity index (χ3v) is 3.80. The lowest BCUT2D eigenvalue weighted by Crippen LogP contribution is -2.01. The zero-order valence-corrected chi connectivity index (χ0v) is 12.2. The van der Waals surface area contributed by atoms with Crippen molar-refractivity contribution in [2.24, 2.45) is 0 Å². The Morgan fingerprint density at radius 1 is 1.25 bits per heavy atom. The molecule has 2 N–H and O–H groups in total. The Bertz CT molecular complexity index is 664. The van der Waals surface area contributed by atoms with Gasteiger partial charge in [0.05, 0.1) is 7.11 Å². The lowest BCUT2D eigenvalue weighted by molar-refractivity contribution is 0.414. The monoisotopic (exact) mass is 287 g/mol. The molecule has 104 valence electrons. The quantitative estimate of drug-likeness (QED) is 0.849. The van der Waals surface area contributed by atoms with Crippen LogP contribution in [0.3, 0.4) is 0 Å². The van der Waals surface area contributed by atoms with E-state index in [2.05, 4.69) is 27.4 Å². The number of H-pyrrole nitrogens is 1. The Balaban J connectivity index is 1.76. The van der Waals surface area contributed by atoms with Crippen molar-refractivity contribution in [2.45, 2.75) is 19.3 Å². The lowest BCUT2D eigenvalue weighted by Gasteiger charge is -2.08. The number of nitrogens with zero attached hydrogens (tertiary/aromatic N) is 1. The van der Waals surface area contributed by atoms with Crippen LogP contribution >= 0.6 is 12.2 Å². The molecule has 1 aliphatic rings. The highest BCUT2D eigenvalue weighted by Crippen LogP contribution is 2.23. The van der Waals surface area contributed by atoms with Crippen LogP contribution in [0.5, 0.6) is 5.75 Å². The topological polar surface area (TPSA) is 49.9 Å². The van der Waals surface area contributed by atoms with Gasteiger partial charge in [-0.25, -0.2) is 4.98 Å². The summed E-state index contributed by atoms with van der Waals surface area (Å²) in [4.78, 5) is 7.56. The summed E-state index contributed by atoms with van der Waals surface area (Å²) in [5, 5.41) is 3.28. The molecule has 0 amide bonds. The normalized spacial score (nSPS) is 12.8. The number of nitrogens with one attached hydrogen (secondary N) is 2. The first-order valence-corrected chi connectivity index (χ1v) is 7.16. The molecule has 0 bridgehead atoms. The number of ether oxygens (including phenoxy) is 1. The van der Waals surface area contributed by atoms with E-state index in [4.69, 9.17) is 17.0 Å². The molecule has 3 rings (SSSR count). The van der Waals surface area contributed by atoms with Crippen LogP contribution in [0, 0.1) is 4.77 Å². The number of aromatic nitrogens is 2. The van der Waals surface area contributed by atoms with Crippen molar-refractivity contribution in [3.63, 3.8) is 0 Å². The van der Waals surface area contributed by atoms with E-state index in [1.54, 1.807) is 7.11 Å². The minimum atomic E-state index is 0.558. The van der Waals surface area contributed by atoms with Crippen LogP contribution in [0.2, 0.25) is 0 Å². The van der Waals surface area contributed by atoms with Gasteiger partial charge < -0.3 is 15.0 Å². The van der Waals surface area contributed by atoms with Crippen LogP contribution in [-0.4, -0.2) is 23.6 Å². The van der Waals surface area contributed by atoms with Gasteiger partial charge in [0.1, 0.15) is 11.6 Å². The number of hydrogen-bond acceptors (Lipinski definition) is 4. The molecule has 0 saturated carbocycles. The zero-order chi connectivity index (χ0) is 13.9. The Labute approximate surface area is 123 Å². The van der Waals surface area contributed by atoms with Crippen LogP contribution in [0.4, 0.5) is 5.82 Å². The predicted octanol–water partition coefficient (Wildman–Crippen LogP) is 2.90. The average molecular weight is 287 g/mol. The fourth-order valence-electron chi connectivity index (χ4n) is 2.54. The fourth-order valence-corrected chi connectivity index (χ4v) is 2.76. The number of anilines is 1. The molecule has 0 aliphatic carbocycles. The van der Waals surface area contributed by atoms with Crippen LogP contribution in [0.25, 0.3) is 0 Å². The molecular formula is C15H17N3OS. The summed E-state index contributed by atoms with van der Waals surface area (Å²) in [6, 6.07) is 8.20. The fraction of sp³-hybridized carbons (Fsp3) is 0.333. The Morgan fingerprint density at radius 2 is 2.05 bits per heavy atom. The third-order valence-electron chi connectivity index (χ3n) is 3.61. The molecule has 1 aliphatic heterocycles. The minimum absolute atomic E-state index is 0.558. The van der Waals surface area contributed by atoms with Crippen molar-refractivity contribution in [1.29, 1.82) is 0 Å². The molecule has 1 aromatic carbocycles. The molecule has 5 heteroatoms.